The van der Waals surface area contributed by atoms with Crippen molar-refractivity contribution in [3.8, 4) is 0 Å². The van der Waals surface area contributed by atoms with Crippen LogP contribution in [0.5, 0.6) is 0 Å². The van der Waals surface area contributed by atoms with E-state index in [0.717, 1.165) is 35.3 Å². The fourth-order valence-corrected chi connectivity index (χ4v) is 3.81. The van der Waals surface area contributed by atoms with E-state index in [9.17, 15) is 4.79 Å². The molecule has 0 N–H and O–H groups in total. The number of hydrogen-bond acceptors (Lipinski definition) is 4. The van der Waals surface area contributed by atoms with Gasteiger partial charge in [0.2, 0.25) is 0 Å². The minimum atomic E-state index is -0.278. The Hall–Kier alpha value is -1.85. The highest BCUT2D eigenvalue weighted by Crippen LogP contribution is 2.41. The quantitative estimate of drug-likeness (QED) is 0.731. The first kappa shape index (κ1) is 15.7. The summed E-state index contributed by atoms with van der Waals surface area (Å²) in [6, 6.07) is 15.6. The molecule has 4 rings (SSSR count). The van der Waals surface area contributed by atoms with Crippen molar-refractivity contribution in [3.63, 3.8) is 0 Å². The standard InChI is InChI=1S/C19H18BrNO3/c20-14-6-7-16-17(10-14)21-8-9-23-12-15(21)11-18(16)24-19(22)13-4-2-1-3-5-13/h1-7,10,15,18H,8-9,11-12H2/t15-,18+/m1/s1. The Morgan fingerprint density at radius 2 is 2.04 bits per heavy atom. The van der Waals surface area contributed by atoms with Gasteiger partial charge in [0.15, 0.2) is 0 Å². The van der Waals surface area contributed by atoms with Crippen LogP contribution in [0.3, 0.4) is 0 Å². The Labute approximate surface area is 149 Å². The van der Waals surface area contributed by atoms with Gasteiger partial charge in [-0.05, 0) is 24.3 Å². The molecule has 1 saturated heterocycles. The van der Waals surface area contributed by atoms with Gasteiger partial charge in [-0.25, -0.2) is 4.79 Å². The monoisotopic (exact) mass is 387 g/mol. The molecule has 2 aliphatic rings. The van der Waals surface area contributed by atoms with Gasteiger partial charge < -0.3 is 14.4 Å². The molecule has 1 fully saturated rings. The molecule has 0 bridgehead atoms. The molecule has 2 aliphatic heterocycles. The minimum absolute atomic E-state index is 0.245. The number of morpholine rings is 1. The molecule has 2 aromatic carbocycles. The summed E-state index contributed by atoms with van der Waals surface area (Å²) in [5.41, 5.74) is 2.79. The number of nitrogens with zero attached hydrogens (tertiary/aromatic N) is 1. The third kappa shape index (κ3) is 2.94. The van der Waals surface area contributed by atoms with Crippen molar-refractivity contribution in [2.75, 3.05) is 24.7 Å². The number of halogens is 1. The van der Waals surface area contributed by atoms with Crippen LogP contribution in [0, 0.1) is 0 Å². The summed E-state index contributed by atoms with van der Waals surface area (Å²) in [6.45, 7) is 2.27. The summed E-state index contributed by atoms with van der Waals surface area (Å²) in [5, 5.41) is 0. The highest BCUT2D eigenvalue weighted by molar-refractivity contribution is 9.10. The number of carbonyl (C=O) groups excluding carboxylic acids is 1. The van der Waals surface area contributed by atoms with E-state index in [0.29, 0.717) is 12.2 Å². The first-order valence-corrected chi connectivity index (χ1v) is 8.91. The second-order valence-electron chi connectivity index (χ2n) is 6.12. The lowest BCUT2D eigenvalue weighted by Crippen LogP contribution is -2.49. The van der Waals surface area contributed by atoms with E-state index in [4.69, 9.17) is 9.47 Å². The summed E-state index contributed by atoms with van der Waals surface area (Å²) in [6.07, 6.45) is 0.511. The van der Waals surface area contributed by atoms with E-state index in [1.54, 1.807) is 12.1 Å². The maximum absolute atomic E-state index is 12.5. The fraction of sp³-hybridized carbons (Fsp3) is 0.316. The average Bonchev–Trinajstić information content (AvgIpc) is 2.62. The van der Waals surface area contributed by atoms with Gasteiger partial charge in [0, 0.05) is 28.7 Å². The summed E-state index contributed by atoms with van der Waals surface area (Å²) in [4.78, 5) is 14.8. The van der Waals surface area contributed by atoms with Crippen LogP contribution in [0.25, 0.3) is 0 Å². The second-order valence-corrected chi connectivity index (χ2v) is 7.04. The Bertz CT molecular complexity index is 750. The Morgan fingerprint density at radius 3 is 2.88 bits per heavy atom. The number of fused-ring (bicyclic) bond motifs is 3. The maximum atomic E-state index is 12.5. The molecule has 0 saturated carbocycles. The first-order chi connectivity index (χ1) is 11.7. The van der Waals surface area contributed by atoms with Gasteiger partial charge >= 0.3 is 5.97 Å². The van der Waals surface area contributed by atoms with E-state index in [1.807, 2.05) is 30.3 Å². The summed E-state index contributed by atoms with van der Waals surface area (Å²) in [5.74, 6) is -0.278. The molecule has 0 amide bonds. The third-order valence-corrected chi connectivity index (χ3v) is 5.11. The third-order valence-electron chi connectivity index (χ3n) is 4.62. The number of carbonyl (C=O) groups is 1. The molecule has 4 nitrogen and oxygen atoms in total. The lowest BCUT2D eigenvalue weighted by atomic mass is 9.92. The van der Waals surface area contributed by atoms with Crippen molar-refractivity contribution in [1.29, 1.82) is 0 Å². The molecule has 0 aromatic heterocycles. The molecule has 0 unspecified atom stereocenters. The van der Waals surface area contributed by atoms with Gasteiger partial charge in [-0.3, -0.25) is 0 Å². The zero-order valence-corrected chi connectivity index (χ0v) is 14.7. The highest BCUT2D eigenvalue weighted by Gasteiger charge is 2.36. The molecule has 0 radical (unpaired) electrons. The Morgan fingerprint density at radius 1 is 1.21 bits per heavy atom. The van der Waals surface area contributed by atoms with Crippen LogP contribution in [-0.4, -0.2) is 31.8 Å². The molecule has 124 valence electrons. The fourth-order valence-electron chi connectivity index (χ4n) is 3.46. The van der Waals surface area contributed by atoms with Gasteiger partial charge in [0.25, 0.3) is 0 Å². The molecule has 0 aliphatic carbocycles. The number of esters is 1. The average molecular weight is 388 g/mol. The van der Waals surface area contributed by atoms with Crippen LogP contribution in [0.1, 0.15) is 28.4 Å². The lowest BCUT2D eigenvalue weighted by Gasteiger charge is -2.44. The number of ether oxygens (including phenoxy) is 2. The van der Waals surface area contributed by atoms with Crippen LogP contribution in [0.4, 0.5) is 5.69 Å². The van der Waals surface area contributed by atoms with Crippen LogP contribution < -0.4 is 4.90 Å². The van der Waals surface area contributed by atoms with Crippen LogP contribution in [0.2, 0.25) is 0 Å². The zero-order chi connectivity index (χ0) is 16.5. The molecule has 24 heavy (non-hydrogen) atoms. The molecule has 2 atom stereocenters. The van der Waals surface area contributed by atoms with E-state index in [-0.39, 0.29) is 18.1 Å². The van der Waals surface area contributed by atoms with Crippen molar-refractivity contribution in [1.82, 2.24) is 0 Å². The predicted molar refractivity (Wildman–Crippen MR) is 95.3 cm³/mol. The largest absolute Gasteiger partial charge is 0.454 e. The van der Waals surface area contributed by atoms with Crippen molar-refractivity contribution >= 4 is 27.6 Å². The van der Waals surface area contributed by atoms with Gasteiger partial charge in [-0.1, -0.05) is 40.2 Å². The smallest absolute Gasteiger partial charge is 0.338 e. The van der Waals surface area contributed by atoms with Gasteiger partial charge in [0.05, 0.1) is 24.8 Å². The van der Waals surface area contributed by atoms with Gasteiger partial charge in [-0.2, -0.15) is 0 Å². The molecule has 5 heteroatoms. The van der Waals surface area contributed by atoms with Gasteiger partial charge in [0.1, 0.15) is 6.10 Å². The normalized spacial score (nSPS) is 22.5. The second kappa shape index (κ2) is 6.57. The van der Waals surface area contributed by atoms with E-state index in [1.165, 1.54) is 0 Å². The molecule has 0 spiro atoms. The maximum Gasteiger partial charge on any atom is 0.338 e. The molecule has 2 aromatic rings. The van der Waals surface area contributed by atoms with Crippen molar-refractivity contribution in [3.05, 3.63) is 64.1 Å². The number of hydrogen-bond donors (Lipinski definition) is 0. The minimum Gasteiger partial charge on any atom is -0.454 e. The SMILES string of the molecule is O=C(O[C@H]1C[C@@H]2COCCN2c2cc(Br)ccc21)c1ccccc1. The zero-order valence-electron chi connectivity index (χ0n) is 13.2. The van der Waals surface area contributed by atoms with Crippen molar-refractivity contribution in [2.24, 2.45) is 0 Å². The molecular formula is C19H18BrNO3. The van der Waals surface area contributed by atoms with Crippen LogP contribution in [0.15, 0.2) is 53.0 Å². The van der Waals surface area contributed by atoms with Crippen LogP contribution >= 0.6 is 15.9 Å². The number of rotatable bonds is 2. The lowest BCUT2D eigenvalue weighted by molar-refractivity contribution is 0.0146. The van der Waals surface area contributed by atoms with Crippen LogP contribution in [-0.2, 0) is 9.47 Å². The summed E-state index contributed by atoms with van der Waals surface area (Å²) in [7, 11) is 0. The number of benzene rings is 2. The number of anilines is 1. The Kier molecular flexibility index (Phi) is 4.29. The summed E-state index contributed by atoms with van der Waals surface area (Å²) < 4.78 is 12.5. The van der Waals surface area contributed by atoms with Gasteiger partial charge in [-0.15, -0.1) is 0 Å². The van der Waals surface area contributed by atoms with Crippen molar-refractivity contribution < 1.29 is 14.3 Å². The molecule has 2 heterocycles. The van der Waals surface area contributed by atoms with Crippen molar-refractivity contribution in [2.45, 2.75) is 18.6 Å². The topological polar surface area (TPSA) is 38.8 Å². The summed E-state index contributed by atoms with van der Waals surface area (Å²) >= 11 is 3.55. The molecular weight excluding hydrogens is 370 g/mol. The van der Waals surface area contributed by atoms with E-state index < -0.39 is 0 Å². The predicted octanol–water partition coefficient (Wildman–Crippen LogP) is 3.96. The highest BCUT2D eigenvalue weighted by atomic mass is 79.9. The van der Waals surface area contributed by atoms with E-state index in [2.05, 4.69) is 26.9 Å². The first-order valence-electron chi connectivity index (χ1n) is 8.12. The Balaban J connectivity index is 1.65. The van der Waals surface area contributed by atoms with E-state index >= 15 is 0 Å².